The molecule has 4 atom stereocenters. The lowest BCUT2D eigenvalue weighted by Crippen LogP contribution is -2.39. The summed E-state index contributed by atoms with van der Waals surface area (Å²) in [7, 11) is 0. The van der Waals surface area contributed by atoms with E-state index >= 15 is 0 Å². The minimum atomic E-state index is -0.513. The molecule has 0 saturated carbocycles. The van der Waals surface area contributed by atoms with E-state index in [-0.39, 0.29) is 18.6 Å². The van der Waals surface area contributed by atoms with E-state index in [1.807, 2.05) is 24.3 Å². The van der Waals surface area contributed by atoms with E-state index in [1.54, 1.807) is 12.3 Å². The summed E-state index contributed by atoms with van der Waals surface area (Å²) < 4.78 is 33.5. The van der Waals surface area contributed by atoms with Crippen molar-refractivity contribution in [3.05, 3.63) is 54.4 Å². The normalized spacial score (nSPS) is 20.0. The quantitative estimate of drug-likeness (QED) is 0.0474. The van der Waals surface area contributed by atoms with E-state index in [4.69, 9.17) is 40.0 Å². The Morgan fingerprint density at radius 3 is 2.34 bits per heavy atom. The maximum absolute atomic E-state index is 10.8. The second-order valence-corrected chi connectivity index (χ2v) is 9.63. The van der Waals surface area contributed by atoms with Crippen LogP contribution in [0.3, 0.4) is 0 Å². The van der Waals surface area contributed by atoms with Gasteiger partial charge in [0.15, 0.2) is 6.29 Å². The molecule has 12 nitrogen and oxygen atoms in total. The monoisotopic (exact) mass is 581 g/mol. The highest BCUT2D eigenvalue weighted by Gasteiger charge is 2.28. The number of hydrazine groups is 1. The van der Waals surface area contributed by atoms with Gasteiger partial charge in [-0.25, -0.2) is 5.84 Å². The van der Waals surface area contributed by atoms with E-state index in [1.165, 1.54) is 5.01 Å². The predicted octanol–water partition coefficient (Wildman–Crippen LogP) is 0.900. The summed E-state index contributed by atoms with van der Waals surface area (Å²) in [4.78, 5) is 10.8. The zero-order valence-corrected chi connectivity index (χ0v) is 23.8. The Morgan fingerprint density at radius 1 is 1.05 bits per heavy atom. The van der Waals surface area contributed by atoms with Gasteiger partial charge in [0, 0.05) is 37.1 Å². The van der Waals surface area contributed by atoms with Crippen molar-refractivity contribution in [1.82, 2.24) is 5.01 Å². The molecule has 0 amide bonds. The molecule has 6 N–H and O–H groups in total. The molecule has 1 aromatic carbocycles. The van der Waals surface area contributed by atoms with Crippen LogP contribution in [0.1, 0.15) is 24.8 Å². The fourth-order valence-electron chi connectivity index (χ4n) is 3.95. The van der Waals surface area contributed by atoms with E-state index in [0.29, 0.717) is 90.8 Å². The molecule has 0 bridgehead atoms. The van der Waals surface area contributed by atoms with E-state index in [0.717, 1.165) is 17.6 Å². The third-order valence-electron chi connectivity index (χ3n) is 6.18. The van der Waals surface area contributed by atoms with Crippen LogP contribution in [0.4, 0.5) is 0 Å². The van der Waals surface area contributed by atoms with Crippen LogP contribution in [0.2, 0.25) is 0 Å². The standard InChI is InChI=1S/C29H47N3O9/c1-2-23(21-33)17-25(30)20-32(31)8-10-36-11-12-37-13-14-38-15-16-39-27-5-3-24(4-6-27)7-9-40-29-19-26(35)18-28(22-34)41-29/h2-6,20-21,23,26,28-29,34-35H,1,7-19,22,30-31H2/b25-20-. The highest BCUT2D eigenvalue weighted by molar-refractivity contribution is 5.56. The Morgan fingerprint density at radius 2 is 1.71 bits per heavy atom. The molecule has 41 heavy (non-hydrogen) atoms. The summed E-state index contributed by atoms with van der Waals surface area (Å²) >= 11 is 0. The van der Waals surface area contributed by atoms with Crippen LogP contribution in [-0.4, -0.2) is 106 Å². The first-order chi connectivity index (χ1) is 19.9. The van der Waals surface area contributed by atoms with Gasteiger partial charge in [-0.05, 0) is 24.1 Å². The van der Waals surface area contributed by atoms with Crippen molar-refractivity contribution in [3.8, 4) is 5.75 Å². The zero-order valence-electron chi connectivity index (χ0n) is 23.8. The summed E-state index contributed by atoms with van der Waals surface area (Å²) in [5, 5.41) is 20.5. The van der Waals surface area contributed by atoms with Gasteiger partial charge in [-0.15, -0.1) is 6.58 Å². The van der Waals surface area contributed by atoms with Crippen LogP contribution in [0, 0.1) is 5.92 Å². The molecule has 1 aliphatic heterocycles. The van der Waals surface area contributed by atoms with Crippen LogP contribution in [0.15, 0.2) is 48.8 Å². The van der Waals surface area contributed by atoms with Gasteiger partial charge in [-0.3, -0.25) is 0 Å². The number of allylic oxidation sites excluding steroid dienone is 2. The SMILES string of the molecule is C=CC(C=O)C/C(N)=C/N(N)CCOCCOCCOCCOc1ccc(CCOC2CC(O)CC(CO)O2)cc1. The third-order valence-corrected chi connectivity index (χ3v) is 6.18. The zero-order chi connectivity index (χ0) is 29.7. The van der Waals surface area contributed by atoms with Gasteiger partial charge in [-0.2, -0.15) is 0 Å². The first-order valence-corrected chi connectivity index (χ1v) is 14.0. The van der Waals surface area contributed by atoms with Crippen molar-refractivity contribution in [2.24, 2.45) is 17.5 Å². The highest BCUT2D eigenvalue weighted by atomic mass is 16.7. The van der Waals surface area contributed by atoms with Crippen molar-refractivity contribution >= 4 is 6.29 Å². The van der Waals surface area contributed by atoms with Crippen LogP contribution < -0.4 is 16.3 Å². The molecule has 232 valence electrons. The van der Waals surface area contributed by atoms with Gasteiger partial charge in [0.1, 0.15) is 18.6 Å². The van der Waals surface area contributed by atoms with Crippen molar-refractivity contribution in [2.45, 2.75) is 44.2 Å². The van der Waals surface area contributed by atoms with E-state index in [9.17, 15) is 15.0 Å². The Balaban J connectivity index is 1.41. The number of carbonyl (C=O) groups excluding carboxylic acids is 1. The van der Waals surface area contributed by atoms with Gasteiger partial charge >= 0.3 is 0 Å². The molecule has 0 aromatic heterocycles. The lowest BCUT2D eigenvalue weighted by molar-refractivity contribution is -0.221. The number of hydrogen-bond acceptors (Lipinski definition) is 12. The summed E-state index contributed by atoms with van der Waals surface area (Å²) in [5.41, 5.74) is 7.47. The third kappa shape index (κ3) is 15.9. The number of nitrogens with zero attached hydrogens (tertiary/aromatic N) is 1. The summed E-state index contributed by atoms with van der Waals surface area (Å²) in [6.07, 6.45) is 4.49. The maximum atomic E-state index is 10.8. The van der Waals surface area contributed by atoms with Crippen molar-refractivity contribution in [2.75, 3.05) is 66.0 Å². The Hall–Kier alpha value is -2.55. The Kier molecular flexibility index (Phi) is 17.9. The fourth-order valence-corrected chi connectivity index (χ4v) is 3.95. The number of carbonyl (C=O) groups is 1. The average Bonchev–Trinajstić information content (AvgIpc) is 2.96. The van der Waals surface area contributed by atoms with Gasteiger partial charge < -0.3 is 54.2 Å². The smallest absolute Gasteiger partial charge is 0.160 e. The second kappa shape index (κ2) is 21.2. The predicted molar refractivity (Wildman–Crippen MR) is 153 cm³/mol. The fraction of sp³-hybridized carbons (Fsp3) is 0.621. The Bertz CT molecular complexity index is 864. The van der Waals surface area contributed by atoms with Gasteiger partial charge in [-0.1, -0.05) is 18.2 Å². The van der Waals surface area contributed by atoms with Crippen molar-refractivity contribution in [3.63, 3.8) is 0 Å². The van der Waals surface area contributed by atoms with Crippen LogP contribution in [-0.2, 0) is 34.9 Å². The largest absolute Gasteiger partial charge is 0.491 e. The number of aldehydes is 1. The molecular weight excluding hydrogens is 534 g/mol. The van der Waals surface area contributed by atoms with E-state index < -0.39 is 12.4 Å². The number of benzene rings is 1. The molecule has 12 heteroatoms. The molecule has 0 radical (unpaired) electrons. The Labute approximate surface area is 242 Å². The number of rotatable bonds is 23. The topological polar surface area (TPSA) is 168 Å². The van der Waals surface area contributed by atoms with Crippen LogP contribution in [0.5, 0.6) is 5.75 Å². The molecular formula is C29H47N3O9. The summed E-state index contributed by atoms with van der Waals surface area (Å²) in [5.74, 6) is 6.29. The highest BCUT2D eigenvalue weighted by Crippen LogP contribution is 2.21. The number of hydrogen-bond donors (Lipinski definition) is 4. The average molecular weight is 582 g/mol. The van der Waals surface area contributed by atoms with Gasteiger partial charge in [0.2, 0.25) is 0 Å². The molecule has 0 spiro atoms. The van der Waals surface area contributed by atoms with Gasteiger partial charge in [0.25, 0.3) is 0 Å². The molecule has 1 aliphatic rings. The first-order valence-electron chi connectivity index (χ1n) is 14.0. The second-order valence-electron chi connectivity index (χ2n) is 9.63. The first kappa shape index (κ1) is 34.7. The number of nitrogens with two attached hydrogens (primary N) is 2. The van der Waals surface area contributed by atoms with Crippen molar-refractivity contribution in [1.29, 1.82) is 0 Å². The maximum Gasteiger partial charge on any atom is 0.160 e. The molecule has 4 unspecified atom stereocenters. The number of aliphatic hydroxyl groups excluding tert-OH is 2. The molecule has 1 aromatic rings. The molecule has 2 rings (SSSR count). The molecule has 1 saturated heterocycles. The summed E-state index contributed by atoms with van der Waals surface area (Å²) in [6, 6.07) is 7.77. The lowest BCUT2D eigenvalue weighted by Gasteiger charge is -2.32. The lowest BCUT2D eigenvalue weighted by atomic mass is 10.1. The molecule has 1 heterocycles. The minimum Gasteiger partial charge on any atom is -0.491 e. The van der Waals surface area contributed by atoms with Crippen LogP contribution >= 0.6 is 0 Å². The minimum absolute atomic E-state index is 0.123. The molecule has 0 aliphatic carbocycles. The summed E-state index contributed by atoms with van der Waals surface area (Å²) in [6.45, 7) is 7.45. The van der Waals surface area contributed by atoms with Crippen LogP contribution in [0.25, 0.3) is 0 Å². The number of ether oxygens (including phenoxy) is 6. The molecule has 1 fully saturated rings. The van der Waals surface area contributed by atoms with Crippen molar-refractivity contribution < 1.29 is 43.4 Å². The number of aliphatic hydroxyl groups is 2. The van der Waals surface area contributed by atoms with E-state index in [2.05, 4.69) is 6.58 Å². The van der Waals surface area contributed by atoms with Gasteiger partial charge in [0.05, 0.1) is 71.6 Å².